The SMILES string of the molecule is CCN(CC)c1ccc(C(=O)NNC(=O)COC(=O)/C=C/c2ccccc2[N+](=O)[O-])cc1. The van der Waals surface area contributed by atoms with Gasteiger partial charge in [-0.05, 0) is 50.3 Å². The molecule has 0 spiro atoms. The molecule has 10 nitrogen and oxygen atoms in total. The number of nitrogens with one attached hydrogen (secondary N) is 2. The molecule has 2 N–H and O–H groups in total. The van der Waals surface area contributed by atoms with Gasteiger partial charge < -0.3 is 9.64 Å². The van der Waals surface area contributed by atoms with Gasteiger partial charge in [-0.25, -0.2) is 4.79 Å². The Balaban J connectivity index is 1.80. The number of rotatable bonds is 9. The van der Waals surface area contributed by atoms with Gasteiger partial charge in [0, 0.05) is 36.5 Å². The Kier molecular flexibility index (Phi) is 8.91. The maximum absolute atomic E-state index is 12.1. The number of nitro benzene ring substituents is 1. The fourth-order valence-electron chi connectivity index (χ4n) is 2.78. The fraction of sp³-hybridized carbons (Fsp3) is 0.227. The Morgan fingerprint density at radius 2 is 1.69 bits per heavy atom. The van der Waals surface area contributed by atoms with Crippen LogP contribution < -0.4 is 15.8 Å². The number of hydrazine groups is 1. The number of esters is 1. The maximum atomic E-state index is 12.1. The van der Waals surface area contributed by atoms with Crippen molar-refractivity contribution in [2.75, 3.05) is 24.6 Å². The van der Waals surface area contributed by atoms with Crippen molar-refractivity contribution in [1.29, 1.82) is 0 Å². The average Bonchev–Trinajstić information content (AvgIpc) is 2.81. The number of hydrogen-bond donors (Lipinski definition) is 2. The van der Waals surface area contributed by atoms with Crippen molar-refractivity contribution in [3.8, 4) is 0 Å². The normalized spacial score (nSPS) is 10.4. The van der Waals surface area contributed by atoms with Gasteiger partial charge in [0.2, 0.25) is 0 Å². The first-order valence-corrected chi connectivity index (χ1v) is 9.88. The summed E-state index contributed by atoms with van der Waals surface area (Å²) in [6, 6.07) is 12.8. The molecule has 2 aromatic rings. The number of carbonyl (C=O) groups is 3. The van der Waals surface area contributed by atoms with Crippen molar-refractivity contribution < 1.29 is 24.0 Å². The van der Waals surface area contributed by atoms with E-state index in [2.05, 4.69) is 15.8 Å². The van der Waals surface area contributed by atoms with Crippen LogP contribution in [-0.2, 0) is 14.3 Å². The van der Waals surface area contributed by atoms with Gasteiger partial charge in [0.25, 0.3) is 17.5 Å². The molecule has 0 bridgehead atoms. The minimum Gasteiger partial charge on any atom is -0.452 e. The van der Waals surface area contributed by atoms with Gasteiger partial charge in [0.05, 0.1) is 10.5 Å². The highest BCUT2D eigenvalue weighted by atomic mass is 16.6. The van der Waals surface area contributed by atoms with Crippen LogP contribution in [0.1, 0.15) is 29.8 Å². The van der Waals surface area contributed by atoms with E-state index in [0.717, 1.165) is 24.9 Å². The highest BCUT2D eigenvalue weighted by Gasteiger charge is 2.12. The van der Waals surface area contributed by atoms with Crippen molar-refractivity contribution in [2.45, 2.75) is 13.8 Å². The Bertz CT molecular complexity index is 1000. The van der Waals surface area contributed by atoms with Crippen LogP contribution in [0.25, 0.3) is 6.08 Å². The number of hydrogen-bond acceptors (Lipinski definition) is 7. The molecule has 0 fully saturated rings. The summed E-state index contributed by atoms with van der Waals surface area (Å²) >= 11 is 0. The summed E-state index contributed by atoms with van der Waals surface area (Å²) < 4.78 is 4.77. The molecule has 2 aromatic carbocycles. The largest absolute Gasteiger partial charge is 0.452 e. The minimum absolute atomic E-state index is 0.165. The number of ether oxygens (including phenoxy) is 1. The van der Waals surface area contributed by atoms with E-state index in [1.165, 1.54) is 24.3 Å². The standard InChI is InChI=1S/C22H24N4O6/c1-3-25(4-2)18-12-9-17(10-13-18)22(29)24-23-20(27)15-32-21(28)14-11-16-7-5-6-8-19(16)26(30)31/h5-14H,3-4,15H2,1-2H3,(H,23,27)(H,24,29)/b14-11+. The van der Waals surface area contributed by atoms with Crippen LogP contribution in [0.4, 0.5) is 11.4 Å². The molecular formula is C22H24N4O6. The van der Waals surface area contributed by atoms with Crippen LogP contribution in [0.5, 0.6) is 0 Å². The Morgan fingerprint density at radius 1 is 1.03 bits per heavy atom. The van der Waals surface area contributed by atoms with E-state index in [4.69, 9.17) is 4.74 Å². The number of carbonyl (C=O) groups excluding carboxylic acids is 3. The molecule has 0 saturated heterocycles. The van der Waals surface area contributed by atoms with E-state index >= 15 is 0 Å². The van der Waals surface area contributed by atoms with Gasteiger partial charge in [0.15, 0.2) is 6.61 Å². The molecular weight excluding hydrogens is 416 g/mol. The first-order chi connectivity index (χ1) is 15.3. The van der Waals surface area contributed by atoms with E-state index in [9.17, 15) is 24.5 Å². The number of nitrogens with zero attached hydrogens (tertiary/aromatic N) is 2. The smallest absolute Gasteiger partial charge is 0.331 e. The zero-order chi connectivity index (χ0) is 23.5. The average molecular weight is 440 g/mol. The van der Waals surface area contributed by atoms with Crippen LogP contribution in [-0.4, -0.2) is 42.4 Å². The summed E-state index contributed by atoms with van der Waals surface area (Å²) in [6.45, 7) is 5.12. The lowest BCUT2D eigenvalue weighted by atomic mass is 10.1. The molecule has 32 heavy (non-hydrogen) atoms. The Labute approximate surface area is 185 Å². The lowest BCUT2D eigenvalue weighted by Gasteiger charge is -2.21. The van der Waals surface area contributed by atoms with Gasteiger partial charge in [0.1, 0.15) is 0 Å². The quantitative estimate of drug-likeness (QED) is 0.265. The van der Waals surface area contributed by atoms with Crippen molar-refractivity contribution in [2.24, 2.45) is 0 Å². The second kappa shape index (κ2) is 11.8. The Morgan fingerprint density at radius 3 is 2.31 bits per heavy atom. The van der Waals surface area contributed by atoms with Crippen molar-refractivity contribution in [1.82, 2.24) is 10.9 Å². The summed E-state index contributed by atoms with van der Waals surface area (Å²) in [5, 5.41) is 11.0. The molecule has 0 aliphatic carbocycles. The van der Waals surface area contributed by atoms with Crippen LogP contribution in [0, 0.1) is 10.1 Å². The molecule has 2 amide bonds. The molecule has 10 heteroatoms. The zero-order valence-electron chi connectivity index (χ0n) is 17.7. The van der Waals surface area contributed by atoms with E-state index in [0.29, 0.717) is 5.56 Å². The Hall–Kier alpha value is -4.21. The molecule has 2 rings (SSSR count). The molecule has 0 radical (unpaired) electrons. The number of nitro groups is 1. The second-order valence-electron chi connectivity index (χ2n) is 6.48. The third-order valence-corrected chi connectivity index (χ3v) is 4.45. The van der Waals surface area contributed by atoms with E-state index in [-0.39, 0.29) is 11.3 Å². The van der Waals surface area contributed by atoms with Crippen molar-refractivity contribution in [3.05, 3.63) is 75.8 Å². The summed E-state index contributed by atoms with van der Waals surface area (Å²) in [7, 11) is 0. The summed E-state index contributed by atoms with van der Waals surface area (Å²) in [5.74, 6) is -2.13. The van der Waals surface area contributed by atoms with Crippen LogP contribution in [0.3, 0.4) is 0 Å². The minimum atomic E-state index is -0.864. The van der Waals surface area contributed by atoms with Gasteiger partial charge >= 0.3 is 5.97 Å². The summed E-state index contributed by atoms with van der Waals surface area (Å²) in [5.41, 5.74) is 5.79. The monoisotopic (exact) mass is 440 g/mol. The van der Waals surface area contributed by atoms with Gasteiger partial charge in [-0.15, -0.1) is 0 Å². The third-order valence-electron chi connectivity index (χ3n) is 4.45. The molecule has 0 aromatic heterocycles. The number of anilines is 1. The summed E-state index contributed by atoms with van der Waals surface area (Å²) in [4.78, 5) is 48.2. The van der Waals surface area contributed by atoms with Crippen molar-refractivity contribution in [3.63, 3.8) is 0 Å². The fourth-order valence-corrected chi connectivity index (χ4v) is 2.78. The first kappa shape index (κ1) is 24.1. The second-order valence-corrected chi connectivity index (χ2v) is 6.48. The van der Waals surface area contributed by atoms with Crippen LogP contribution in [0.2, 0.25) is 0 Å². The van der Waals surface area contributed by atoms with Crippen molar-refractivity contribution >= 4 is 35.2 Å². The highest BCUT2D eigenvalue weighted by Crippen LogP contribution is 2.19. The lowest BCUT2D eigenvalue weighted by molar-refractivity contribution is -0.385. The van der Waals surface area contributed by atoms with Crippen LogP contribution in [0.15, 0.2) is 54.6 Å². The lowest BCUT2D eigenvalue weighted by Crippen LogP contribution is -2.43. The third kappa shape index (κ3) is 6.94. The van der Waals surface area contributed by atoms with Gasteiger partial charge in [-0.3, -0.25) is 30.6 Å². The predicted octanol–water partition coefficient (Wildman–Crippen LogP) is 2.46. The predicted molar refractivity (Wildman–Crippen MR) is 119 cm³/mol. The molecule has 0 aliphatic rings. The molecule has 0 unspecified atom stereocenters. The molecule has 168 valence electrons. The number of benzene rings is 2. The number of amides is 2. The molecule has 0 heterocycles. The first-order valence-electron chi connectivity index (χ1n) is 9.88. The van der Waals surface area contributed by atoms with Gasteiger partial charge in [-0.1, -0.05) is 12.1 Å². The maximum Gasteiger partial charge on any atom is 0.331 e. The zero-order valence-corrected chi connectivity index (χ0v) is 17.7. The van der Waals surface area contributed by atoms with E-state index in [1.54, 1.807) is 18.2 Å². The topological polar surface area (TPSA) is 131 Å². The number of para-hydroxylation sites is 1. The molecule has 0 aliphatic heterocycles. The van der Waals surface area contributed by atoms with Crippen LogP contribution >= 0.6 is 0 Å². The van der Waals surface area contributed by atoms with E-state index in [1.807, 2.05) is 26.0 Å². The highest BCUT2D eigenvalue weighted by molar-refractivity contribution is 5.96. The molecule has 0 atom stereocenters. The van der Waals surface area contributed by atoms with E-state index < -0.39 is 29.3 Å². The summed E-state index contributed by atoms with van der Waals surface area (Å²) in [6.07, 6.45) is 2.20. The molecule has 0 saturated carbocycles. The van der Waals surface area contributed by atoms with Gasteiger partial charge in [-0.2, -0.15) is 0 Å².